The number of fused-ring (bicyclic) bond motifs is 3. The fraction of sp³-hybridized carbons (Fsp3) is 0.111. The van der Waals surface area contributed by atoms with Gasteiger partial charge in [0.25, 0.3) is 0 Å². The van der Waals surface area contributed by atoms with Crippen LogP contribution >= 0.6 is 31.9 Å². The highest BCUT2D eigenvalue weighted by Gasteiger charge is 2.20. The van der Waals surface area contributed by atoms with Crippen molar-refractivity contribution in [3.63, 3.8) is 0 Å². The Kier molecular flexibility index (Phi) is 3.27. The summed E-state index contributed by atoms with van der Waals surface area (Å²) in [5, 5.41) is 1.31. The monoisotopic (exact) mass is 401 g/mol. The maximum atomic E-state index is 3.67. The number of para-hydroxylation sites is 1. The van der Waals surface area contributed by atoms with Crippen LogP contribution < -0.4 is 0 Å². The van der Waals surface area contributed by atoms with Crippen molar-refractivity contribution < 1.29 is 0 Å². The molecule has 1 nitrogen and oxygen atoms in total. The summed E-state index contributed by atoms with van der Waals surface area (Å²) in [7, 11) is 0. The van der Waals surface area contributed by atoms with Gasteiger partial charge in [-0.3, -0.25) is 0 Å². The number of rotatable bonds is 1. The van der Waals surface area contributed by atoms with E-state index in [1.165, 1.54) is 32.3 Å². The molecule has 0 aliphatic heterocycles. The van der Waals surface area contributed by atoms with E-state index in [2.05, 4.69) is 91.0 Å². The van der Waals surface area contributed by atoms with E-state index in [4.69, 9.17) is 0 Å². The van der Waals surface area contributed by atoms with Gasteiger partial charge in [0.2, 0.25) is 0 Å². The number of hydrogen-bond donors (Lipinski definition) is 0. The minimum Gasteiger partial charge on any atom is -0.313 e. The molecular weight excluding hydrogens is 390 g/mol. The maximum Gasteiger partial charge on any atom is 0.0538 e. The third kappa shape index (κ3) is 2.19. The molecule has 4 rings (SSSR count). The summed E-state index contributed by atoms with van der Waals surface area (Å²) >= 11 is 7.27. The van der Waals surface area contributed by atoms with Crippen LogP contribution in [-0.4, -0.2) is 4.57 Å². The number of benzene rings is 2. The minimum absolute atomic E-state index is 1.06. The number of nitrogens with zero attached hydrogens (tertiary/aromatic N) is 1. The topological polar surface area (TPSA) is 4.93 Å². The molecule has 3 heteroatoms. The second kappa shape index (κ2) is 5.15. The third-order valence-corrected chi connectivity index (χ3v) is 5.11. The van der Waals surface area contributed by atoms with Gasteiger partial charge in [-0.05, 0) is 53.7 Å². The van der Waals surface area contributed by atoms with Crippen LogP contribution in [0.15, 0.2) is 57.5 Å². The Morgan fingerprint density at radius 3 is 2.52 bits per heavy atom. The van der Waals surface area contributed by atoms with Crippen molar-refractivity contribution in [3.05, 3.63) is 68.7 Å². The first kappa shape index (κ1) is 13.4. The lowest BCUT2D eigenvalue weighted by atomic mass is 10.0. The van der Waals surface area contributed by atoms with E-state index in [1.807, 2.05) is 0 Å². The molecule has 0 bridgehead atoms. The van der Waals surface area contributed by atoms with E-state index >= 15 is 0 Å². The molecule has 0 N–H and O–H groups in total. The van der Waals surface area contributed by atoms with Crippen LogP contribution in [0, 0.1) is 0 Å². The highest BCUT2D eigenvalue weighted by atomic mass is 79.9. The van der Waals surface area contributed by atoms with E-state index in [0.29, 0.717) is 0 Å². The molecule has 1 aromatic heterocycles. The first-order valence-electron chi connectivity index (χ1n) is 6.98. The summed E-state index contributed by atoms with van der Waals surface area (Å²) < 4.78 is 4.80. The van der Waals surface area contributed by atoms with Crippen molar-refractivity contribution >= 4 is 48.8 Å². The van der Waals surface area contributed by atoms with Gasteiger partial charge < -0.3 is 4.57 Å². The Hall–Kier alpha value is -1.32. The first-order chi connectivity index (χ1) is 10.2. The maximum absolute atomic E-state index is 3.67. The normalized spacial score (nSPS) is 14.1. The minimum atomic E-state index is 1.06. The molecule has 0 saturated heterocycles. The Morgan fingerprint density at radius 2 is 1.71 bits per heavy atom. The number of halogens is 2. The average Bonchev–Trinajstić information content (AvgIpc) is 2.81. The van der Waals surface area contributed by atoms with E-state index < -0.39 is 0 Å². The molecule has 1 heterocycles. The molecule has 0 amide bonds. The quantitative estimate of drug-likeness (QED) is 0.465. The van der Waals surface area contributed by atoms with Gasteiger partial charge in [-0.25, -0.2) is 0 Å². The summed E-state index contributed by atoms with van der Waals surface area (Å²) in [6.07, 6.45) is 4.40. The predicted molar refractivity (Wildman–Crippen MR) is 96.2 cm³/mol. The van der Waals surface area contributed by atoms with E-state index in [0.717, 1.165) is 17.3 Å². The highest BCUT2D eigenvalue weighted by molar-refractivity contribution is 9.11. The van der Waals surface area contributed by atoms with Gasteiger partial charge in [0.1, 0.15) is 0 Å². The molecule has 0 fully saturated rings. The molecule has 2 aromatic carbocycles. The van der Waals surface area contributed by atoms with Crippen LogP contribution in [0.4, 0.5) is 0 Å². The molecule has 104 valence electrons. The molecule has 1 aliphatic carbocycles. The molecule has 21 heavy (non-hydrogen) atoms. The van der Waals surface area contributed by atoms with Gasteiger partial charge in [0.15, 0.2) is 0 Å². The molecule has 0 unspecified atom stereocenters. The second-order valence-electron chi connectivity index (χ2n) is 5.28. The SMILES string of the molecule is BrC1=Cc2c(n(-c3ccccc3)c3ccc(Br)cc23)CC1. The Labute approximate surface area is 140 Å². The van der Waals surface area contributed by atoms with Crippen LogP contribution in [0.3, 0.4) is 0 Å². The standard InChI is InChI=1S/C18H13Br2N/c19-12-6-8-17-15(10-12)16-11-13(20)7-9-18(16)21(17)14-4-2-1-3-5-14/h1-6,8,10-11H,7,9H2. The highest BCUT2D eigenvalue weighted by Crippen LogP contribution is 2.38. The lowest BCUT2D eigenvalue weighted by Gasteiger charge is -2.14. The lowest BCUT2D eigenvalue weighted by Crippen LogP contribution is -2.03. The number of hydrogen-bond acceptors (Lipinski definition) is 0. The van der Waals surface area contributed by atoms with Crippen molar-refractivity contribution in [3.8, 4) is 5.69 Å². The third-order valence-electron chi connectivity index (χ3n) is 3.99. The summed E-state index contributed by atoms with van der Waals surface area (Å²) in [5.41, 5.74) is 5.25. The molecule has 0 atom stereocenters. The van der Waals surface area contributed by atoms with E-state index in [1.54, 1.807) is 0 Å². The summed E-state index contributed by atoms with van der Waals surface area (Å²) in [4.78, 5) is 0. The van der Waals surface area contributed by atoms with Crippen LogP contribution in [0.2, 0.25) is 0 Å². The summed E-state index contributed by atoms with van der Waals surface area (Å²) in [6, 6.07) is 17.1. The zero-order valence-corrected chi connectivity index (χ0v) is 14.5. The molecular formula is C18H13Br2N. The summed E-state index contributed by atoms with van der Waals surface area (Å²) in [6.45, 7) is 0. The van der Waals surface area contributed by atoms with Gasteiger partial charge in [0, 0.05) is 26.8 Å². The van der Waals surface area contributed by atoms with Crippen LogP contribution in [0.25, 0.3) is 22.7 Å². The fourth-order valence-corrected chi connectivity index (χ4v) is 3.87. The van der Waals surface area contributed by atoms with Crippen molar-refractivity contribution in [2.75, 3.05) is 0 Å². The van der Waals surface area contributed by atoms with E-state index in [9.17, 15) is 0 Å². The van der Waals surface area contributed by atoms with Crippen molar-refractivity contribution in [1.82, 2.24) is 4.57 Å². The number of aromatic nitrogens is 1. The van der Waals surface area contributed by atoms with E-state index in [-0.39, 0.29) is 0 Å². The molecule has 0 spiro atoms. The number of allylic oxidation sites excluding steroid dienone is 1. The zero-order chi connectivity index (χ0) is 14.4. The van der Waals surface area contributed by atoms with Crippen molar-refractivity contribution in [2.45, 2.75) is 12.8 Å². The Balaban J connectivity index is 2.12. The zero-order valence-electron chi connectivity index (χ0n) is 11.3. The molecule has 3 aromatic rings. The van der Waals surface area contributed by atoms with Crippen molar-refractivity contribution in [2.24, 2.45) is 0 Å². The Bertz CT molecular complexity index is 860. The molecule has 0 radical (unpaired) electrons. The van der Waals surface area contributed by atoms with Crippen LogP contribution in [-0.2, 0) is 6.42 Å². The van der Waals surface area contributed by atoms with Crippen LogP contribution in [0.5, 0.6) is 0 Å². The van der Waals surface area contributed by atoms with Crippen LogP contribution in [0.1, 0.15) is 17.7 Å². The largest absolute Gasteiger partial charge is 0.313 e. The predicted octanol–water partition coefficient (Wildman–Crippen LogP) is 6.08. The molecule has 1 aliphatic rings. The smallest absolute Gasteiger partial charge is 0.0538 e. The van der Waals surface area contributed by atoms with Gasteiger partial charge >= 0.3 is 0 Å². The fourth-order valence-electron chi connectivity index (χ4n) is 3.09. The first-order valence-corrected chi connectivity index (χ1v) is 8.57. The lowest BCUT2D eigenvalue weighted by molar-refractivity contribution is 0.883. The van der Waals surface area contributed by atoms with Gasteiger partial charge in [0.05, 0.1) is 5.52 Å². The van der Waals surface area contributed by atoms with Gasteiger partial charge in [-0.1, -0.05) is 50.1 Å². The molecule has 0 saturated carbocycles. The van der Waals surface area contributed by atoms with Gasteiger partial charge in [-0.2, -0.15) is 0 Å². The second-order valence-corrected chi connectivity index (χ2v) is 7.22. The average molecular weight is 403 g/mol. The Morgan fingerprint density at radius 1 is 0.905 bits per heavy atom. The van der Waals surface area contributed by atoms with Crippen molar-refractivity contribution in [1.29, 1.82) is 0 Å². The summed E-state index contributed by atoms with van der Waals surface area (Å²) in [5.74, 6) is 0. The van der Waals surface area contributed by atoms with Gasteiger partial charge in [-0.15, -0.1) is 0 Å².